The van der Waals surface area contributed by atoms with E-state index in [9.17, 15) is 0 Å². The Bertz CT molecular complexity index is 1150. The van der Waals surface area contributed by atoms with Crippen molar-refractivity contribution < 1.29 is 0 Å². The van der Waals surface area contributed by atoms with E-state index in [0.29, 0.717) is 5.65 Å². The van der Waals surface area contributed by atoms with Crippen LogP contribution in [-0.2, 0) is 0 Å². The SMILES string of the molecule is Clc1cccc(N2CCN(CCCNc3nn4nnnc4c4ccccc34)CC2)c1. The maximum absolute atomic E-state index is 6.13. The summed E-state index contributed by atoms with van der Waals surface area (Å²) in [5, 5.41) is 22.6. The normalized spacial score (nSPS) is 15.2. The van der Waals surface area contributed by atoms with Crippen molar-refractivity contribution in [1.82, 2.24) is 30.2 Å². The Morgan fingerprint density at radius 1 is 0.967 bits per heavy atom. The van der Waals surface area contributed by atoms with E-state index in [0.717, 1.165) is 67.3 Å². The van der Waals surface area contributed by atoms with Crippen molar-refractivity contribution in [2.45, 2.75) is 6.42 Å². The molecule has 0 atom stereocenters. The van der Waals surface area contributed by atoms with Crippen molar-refractivity contribution >= 4 is 39.5 Å². The minimum atomic E-state index is 0.675. The Kier molecular flexibility index (Phi) is 5.33. The number of piperazine rings is 1. The van der Waals surface area contributed by atoms with Gasteiger partial charge in [0.15, 0.2) is 5.82 Å². The summed E-state index contributed by atoms with van der Waals surface area (Å²) >= 11 is 6.13. The van der Waals surface area contributed by atoms with Crippen LogP contribution in [0.1, 0.15) is 6.42 Å². The van der Waals surface area contributed by atoms with Crippen molar-refractivity contribution in [3.63, 3.8) is 0 Å². The highest BCUT2D eigenvalue weighted by Gasteiger charge is 2.17. The van der Waals surface area contributed by atoms with Crippen molar-refractivity contribution in [2.75, 3.05) is 49.5 Å². The highest BCUT2D eigenvalue weighted by atomic mass is 35.5. The molecule has 0 bridgehead atoms. The third kappa shape index (κ3) is 3.88. The number of fused-ring (bicyclic) bond motifs is 3. The van der Waals surface area contributed by atoms with Crippen LogP contribution >= 0.6 is 11.6 Å². The van der Waals surface area contributed by atoms with Gasteiger partial charge >= 0.3 is 0 Å². The van der Waals surface area contributed by atoms with Crippen LogP contribution in [0.2, 0.25) is 5.02 Å². The van der Waals surface area contributed by atoms with Crippen molar-refractivity contribution in [3.8, 4) is 0 Å². The van der Waals surface area contributed by atoms with Crippen molar-refractivity contribution in [3.05, 3.63) is 53.6 Å². The third-order valence-corrected chi connectivity index (χ3v) is 5.80. The molecule has 0 spiro atoms. The van der Waals surface area contributed by atoms with E-state index in [-0.39, 0.29) is 0 Å². The van der Waals surface area contributed by atoms with Crippen LogP contribution in [0, 0.1) is 0 Å². The molecule has 0 aliphatic carbocycles. The predicted molar refractivity (Wildman–Crippen MR) is 119 cm³/mol. The average molecular weight is 423 g/mol. The molecular weight excluding hydrogens is 400 g/mol. The van der Waals surface area contributed by atoms with Gasteiger partial charge in [-0.3, -0.25) is 4.90 Å². The molecule has 9 heteroatoms. The first-order valence-electron chi connectivity index (χ1n) is 10.2. The van der Waals surface area contributed by atoms with Crippen LogP contribution in [-0.4, -0.2) is 69.4 Å². The summed E-state index contributed by atoms with van der Waals surface area (Å²) < 4.78 is 1.49. The van der Waals surface area contributed by atoms with E-state index >= 15 is 0 Å². The third-order valence-electron chi connectivity index (χ3n) is 5.56. The molecule has 2 aromatic heterocycles. The molecule has 1 fully saturated rings. The molecule has 1 N–H and O–H groups in total. The van der Waals surface area contributed by atoms with Crippen LogP contribution < -0.4 is 10.2 Å². The lowest BCUT2D eigenvalue weighted by atomic mass is 10.2. The standard InChI is InChI=1S/C21H23ClN8/c22-16-5-3-6-17(15-16)29-13-11-28(12-14-29)10-4-9-23-20-18-7-1-2-8-19(18)21-24-26-27-30(21)25-20/h1-3,5-8,15H,4,9-14H2,(H,23,25). The summed E-state index contributed by atoms with van der Waals surface area (Å²) in [4.78, 5) is 4.91. The number of nitrogens with one attached hydrogen (secondary N) is 1. The fourth-order valence-electron chi connectivity index (χ4n) is 3.99. The maximum atomic E-state index is 6.13. The predicted octanol–water partition coefficient (Wildman–Crippen LogP) is 2.95. The first kappa shape index (κ1) is 19.0. The van der Waals surface area contributed by atoms with Gasteiger partial charge < -0.3 is 10.2 Å². The van der Waals surface area contributed by atoms with Crippen LogP contribution in [0.15, 0.2) is 48.5 Å². The van der Waals surface area contributed by atoms with Crippen LogP contribution in [0.25, 0.3) is 16.4 Å². The van der Waals surface area contributed by atoms with E-state index in [1.54, 1.807) is 0 Å². The summed E-state index contributed by atoms with van der Waals surface area (Å²) in [6.07, 6.45) is 1.04. The Labute approximate surface area is 179 Å². The molecule has 0 amide bonds. The van der Waals surface area contributed by atoms with Gasteiger partial charge in [0.1, 0.15) is 0 Å². The van der Waals surface area contributed by atoms with E-state index in [1.807, 2.05) is 36.4 Å². The zero-order valence-corrected chi connectivity index (χ0v) is 17.3. The number of benzene rings is 2. The molecule has 1 aliphatic rings. The van der Waals surface area contributed by atoms with Gasteiger partial charge in [-0.1, -0.05) is 41.9 Å². The molecule has 8 nitrogen and oxygen atoms in total. The minimum absolute atomic E-state index is 0.675. The number of tetrazole rings is 1. The molecule has 0 unspecified atom stereocenters. The van der Waals surface area contributed by atoms with E-state index in [4.69, 9.17) is 11.6 Å². The molecule has 154 valence electrons. The number of rotatable bonds is 6. The Hall–Kier alpha value is -2.97. The Morgan fingerprint density at radius 3 is 2.63 bits per heavy atom. The molecule has 1 saturated heterocycles. The summed E-state index contributed by atoms with van der Waals surface area (Å²) in [5.41, 5.74) is 1.88. The van der Waals surface area contributed by atoms with E-state index < -0.39 is 0 Å². The number of halogens is 1. The minimum Gasteiger partial charge on any atom is -0.369 e. The number of aromatic nitrogens is 5. The van der Waals surface area contributed by atoms with Crippen LogP contribution in [0.4, 0.5) is 11.5 Å². The first-order chi connectivity index (χ1) is 14.8. The van der Waals surface area contributed by atoms with Gasteiger partial charge in [0.2, 0.25) is 5.65 Å². The van der Waals surface area contributed by atoms with Crippen LogP contribution in [0.5, 0.6) is 0 Å². The second kappa shape index (κ2) is 8.41. The molecule has 1 aliphatic heterocycles. The average Bonchev–Trinajstić information content (AvgIpc) is 3.26. The number of hydrogen-bond donors (Lipinski definition) is 1. The lowest BCUT2D eigenvalue weighted by Gasteiger charge is -2.36. The zero-order chi connectivity index (χ0) is 20.3. The molecule has 0 saturated carbocycles. The highest BCUT2D eigenvalue weighted by molar-refractivity contribution is 6.30. The number of nitrogens with zero attached hydrogens (tertiary/aromatic N) is 7. The van der Waals surface area contributed by atoms with E-state index in [2.05, 4.69) is 47.9 Å². The van der Waals surface area contributed by atoms with Gasteiger partial charge in [-0.05, 0) is 41.6 Å². The molecular formula is C21H23ClN8. The number of hydrogen-bond acceptors (Lipinski definition) is 7. The monoisotopic (exact) mass is 422 g/mol. The topological polar surface area (TPSA) is 74.5 Å². The van der Waals surface area contributed by atoms with Gasteiger partial charge in [0.25, 0.3) is 0 Å². The summed E-state index contributed by atoms with van der Waals surface area (Å²) in [5.74, 6) is 0.816. The molecule has 30 heavy (non-hydrogen) atoms. The summed E-state index contributed by atoms with van der Waals surface area (Å²) in [6.45, 7) is 6.07. The highest BCUT2D eigenvalue weighted by Crippen LogP contribution is 2.23. The van der Waals surface area contributed by atoms with Gasteiger partial charge in [-0.15, -0.1) is 14.8 Å². The second-order valence-corrected chi connectivity index (χ2v) is 7.91. The van der Waals surface area contributed by atoms with Crippen LogP contribution in [0.3, 0.4) is 0 Å². The van der Waals surface area contributed by atoms with Gasteiger partial charge in [-0.2, -0.15) is 0 Å². The van der Waals surface area contributed by atoms with Gasteiger partial charge in [0, 0.05) is 54.2 Å². The Balaban J connectivity index is 1.15. The molecule has 5 rings (SSSR count). The van der Waals surface area contributed by atoms with Gasteiger partial charge in [0.05, 0.1) is 0 Å². The molecule has 2 aromatic carbocycles. The zero-order valence-electron chi connectivity index (χ0n) is 16.6. The summed E-state index contributed by atoms with van der Waals surface area (Å²) in [6, 6.07) is 16.2. The molecule has 0 radical (unpaired) electrons. The number of anilines is 2. The quantitative estimate of drug-likeness (QED) is 0.479. The van der Waals surface area contributed by atoms with E-state index in [1.165, 1.54) is 10.3 Å². The maximum Gasteiger partial charge on any atom is 0.207 e. The van der Waals surface area contributed by atoms with Crippen molar-refractivity contribution in [2.24, 2.45) is 0 Å². The summed E-state index contributed by atoms with van der Waals surface area (Å²) in [7, 11) is 0. The Morgan fingerprint density at radius 2 is 1.80 bits per heavy atom. The lowest BCUT2D eigenvalue weighted by molar-refractivity contribution is 0.257. The largest absolute Gasteiger partial charge is 0.369 e. The van der Waals surface area contributed by atoms with Crippen molar-refractivity contribution in [1.29, 1.82) is 0 Å². The first-order valence-corrected chi connectivity index (χ1v) is 10.6. The fourth-order valence-corrected chi connectivity index (χ4v) is 4.17. The van der Waals surface area contributed by atoms with Gasteiger partial charge in [-0.25, -0.2) is 0 Å². The lowest BCUT2D eigenvalue weighted by Crippen LogP contribution is -2.46. The fraction of sp³-hybridized carbons (Fsp3) is 0.333. The second-order valence-electron chi connectivity index (χ2n) is 7.48. The smallest absolute Gasteiger partial charge is 0.207 e. The molecule has 4 aromatic rings. The molecule has 3 heterocycles.